The van der Waals surface area contributed by atoms with E-state index in [2.05, 4.69) is 25.8 Å². The van der Waals surface area contributed by atoms with E-state index in [1.807, 2.05) is 0 Å². The molecule has 2 unspecified atom stereocenters. The molecule has 0 radical (unpaired) electrons. The summed E-state index contributed by atoms with van der Waals surface area (Å²) < 4.78 is 0. The molecule has 1 aliphatic carbocycles. The Kier molecular flexibility index (Phi) is 7.14. The third-order valence-corrected chi connectivity index (χ3v) is 4.48. The standard InChI is InChI=1S/C15H32N2/c1-4-8-13(2)15(11-16)17(3)12-14-9-6-5-7-10-14/h13-15H,4-12,16H2,1-3H3. The zero-order valence-corrected chi connectivity index (χ0v) is 12.1. The molecular weight excluding hydrogens is 208 g/mol. The Morgan fingerprint density at radius 1 is 1.24 bits per heavy atom. The van der Waals surface area contributed by atoms with E-state index in [9.17, 15) is 0 Å². The highest BCUT2D eigenvalue weighted by Gasteiger charge is 2.23. The van der Waals surface area contributed by atoms with Crippen molar-refractivity contribution < 1.29 is 0 Å². The van der Waals surface area contributed by atoms with E-state index in [4.69, 9.17) is 5.73 Å². The van der Waals surface area contributed by atoms with Crippen LogP contribution in [0.3, 0.4) is 0 Å². The lowest BCUT2D eigenvalue weighted by Crippen LogP contribution is -2.44. The van der Waals surface area contributed by atoms with Crippen LogP contribution in [0.15, 0.2) is 0 Å². The van der Waals surface area contributed by atoms with Gasteiger partial charge in [0.1, 0.15) is 0 Å². The maximum Gasteiger partial charge on any atom is 0.0241 e. The Bertz CT molecular complexity index is 187. The zero-order chi connectivity index (χ0) is 12.7. The molecule has 2 heteroatoms. The van der Waals surface area contributed by atoms with Gasteiger partial charge in [0.2, 0.25) is 0 Å². The molecule has 1 rings (SSSR count). The first-order chi connectivity index (χ1) is 8.19. The smallest absolute Gasteiger partial charge is 0.0241 e. The Morgan fingerprint density at radius 3 is 2.41 bits per heavy atom. The quantitative estimate of drug-likeness (QED) is 0.740. The molecule has 102 valence electrons. The van der Waals surface area contributed by atoms with E-state index in [0.717, 1.165) is 18.4 Å². The fourth-order valence-corrected chi connectivity index (χ4v) is 3.41. The average Bonchev–Trinajstić information content (AvgIpc) is 2.31. The normalized spacial score (nSPS) is 21.7. The summed E-state index contributed by atoms with van der Waals surface area (Å²) in [6.07, 6.45) is 9.78. The van der Waals surface area contributed by atoms with Crippen LogP contribution < -0.4 is 5.73 Å². The largest absolute Gasteiger partial charge is 0.329 e. The van der Waals surface area contributed by atoms with Crippen LogP contribution >= 0.6 is 0 Å². The molecule has 0 aromatic heterocycles. The average molecular weight is 240 g/mol. The summed E-state index contributed by atoms with van der Waals surface area (Å²) in [5.74, 6) is 1.66. The number of nitrogens with two attached hydrogens (primary N) is 1. The van der Waals surface area contributed by atoms with Crippen LogP contribution in [0.25, 0.3) is 0 Å². The van der Waals surface area contributed by atoms with Gasteiger partial charge >= 0.3 is 0 Å². The van der Waals surface area contributed by atoms with Gasteiger partial charge in [0.25, 0.3) is 0 Å². The molecule has 1 aliphatic rings. The third kappa shape index (κ3) is 4.97. The van der Waals surface area contributed by atoms with Crippen LogP contribution in [0.1, 0.15) is 58.8 Å². The van der Waals surface area contributed by atoms with Crippen molar-refractivity contribution in [3.63, 3.8) is 0 Å². The molecule has 1 saturated carbocycles. The van der Waals surface area contributed by atoms with E-state index in [1.165, 1.54) is 51.5 Å². The van der Waals surface area contributed by atoms with Gasteiger partial charge in [-0.3, -0.25) is 0 Å². The maximum atomic E-state index is 5.97. The first-order valence-electron chi connectivity index (χ1n) is 7.59. The minimum Gasteiger partial charge on any atom is -0.329 e. The lowest BCUT2D eigenvalue weighted by Gasteiger charge is -2.35. The van der Waals surface area contributed by atoms with E-state index < -0.39 is 0 Å². The number of hydrogen-bond donors (Lipinski definition) is 1. The molecule has 0 aromatic carbocycles. The van der Waals surface area contributed by atoms with Crippen molar-refractivity contribution in [2.45, 2.75) is 64.8 Å². The molecule has 17 heavy (non-hydrogen) atoms. The van der Waals surface area contributed by atoms with Crippen LogP contribution in [-0.2, 0) is 0 Å². The summed E-state index contributed by atoms with van der Waals surface area (Å²) in [5.41, 5.74) is 5.97. The Hall–Kier alpha value is -0.0800. The molecule has 0 amide bonds. The van der Waals surface area contributed by atoms with Crippen molar-refractivity contribution >= 4 is 0 Å². The Balaban J connectivity index is 2.38. The van der Waals surface area contributed by atoms with Crippen molar-refractivity contribution in [3.05, 3.63) is 0 Å². The van der Waals surface area contributed by atoms with E-state index >= 15 is 0 Å². The molecule has 2 N–H and O–H groups in total. The van der Waals surface area contributed by atoms with Gasteiger partial charge in [-0.15, -0.1) is 0 Å². The third-order valence-electron chi connectivity index (χ3n) is 4.48. The van der Waals surface area contributed by atoms with Crippen LogP contribution in [0, 0.1) is 11.8 Å². The maximum absolute atomic E-state index is 5.97. The minimum atomic E-state index is 0.580. The fraction of sp³-hybridized carbons (Fsp3) is 1.00. The lowest BCUT2D eigenvalue weighted by atomic mass is 9.88. The molecule has 2 nitrogen and oxygen atoms in total. The second-order valence-corrected chi connectivity index (χ2v) is 6.01. The first-order valence-corrected chi connectivity index (χ1v) is 7.59. The van der Waals surface area contributed by atoms with Gasteiger partial charge in [-0.1, -0.05) is 39.5 Å². The van der Waals surface area contributed by atoms with E-state index in [0.29, 0.717) is 6.04 Å². The Labute approximate surface area is 108 Å². The van der Waals surface area contributed by atoms with Crippen molar-refractivity contribution in [2.75, 3.05) is 20.1 Å². The summed E-state index contributed by atoms with van der Waals surface area (Å²) in [7, 11) is 2.28. The summed E-state index contributed by atoms with van der Waals surface area (Å²) in [6, 6.07) is 0.580. The van der Waals surface area contributed by atoms with Crippen molar-refractivity contribution in [1.29, 1.82) is 0 Å². The van der Waals surface area contributed by atoms with Gasteiger partial charge in [0, 0.05) is 19.1 Å². The van der Waals surface area contributed by atoms with Crippen molar-refractivity contribution in [2.24, 2.45) is 17.6 Å². The molecular formula is C15H32N2. The Morgan fingerprint density at radius 2 is 1.88 bits per heavy atom. The molecule has 0 saturated heterocycles. The molecule has 0 aliphatic heterocycles. The number of hydrogen-bond acceptors (Lipinski definition) is 2. The van der Waals surface area contributed by atoms with Gasteiger partial charge in [-0.05, 0) is 38.1 Å². The highest BCUT2D eigenvalue weighted by molar-refractivity contribution is 4.78. The second-order valence-electron chi connectivity index (χ2n) is 6.01. The SMILES string of the molecule is CCCC(C)C(CN)N(C)CC1CCCCC1. The van der Waals surface area contributed by atoms with Crippen LogP contribution in [0.2, 0.25) is 0 Å². The van der Waals surface area contributed by atoms with Crippen LogP contribution in [-0.4, -0.2) is 31.1 Å². The molecule has 0 spiro atoms. The minimum absolute atomic E-state index is 0.580. The van der Waals surface area contributed by atoms with Crippen molar-refractivity contribution in [1.82, 2.24) is 4.90 Å². The monoisotopic (exact) mass is 240 g/mol. The number of rotatable bonds is 7. The second kappa shape index (κ2) is 8.10. The molecule has 0 aromatic rings. The summed E-state index contributed by atoms with van der Waals surface area (Å²) in [4.78, 5) is 2.54. The van der Waals surface area contributed by atoms with Gasteiger partial charge in [-0.2, -0.15) is 0 Å². The topological polar surface area (TPSA) is 29.3 Å². The van der Waals surface area contributed by atoms with Crippen LogP contribution in [0.4, 0.5) is 0 Å². The number of likely N-dealkylation sites (N-methyl/N-ethyl adjacent to an activating group) is 1. The van der Waals surface area contributed by atoms with E-state index in [1.54, 1.807) is 0 Å². The number of nitrogens with zero attached hydrogens (tertiary/aromatic N) is 1. The highest BCUT2D eigenvalue weighted by Crippen LogP contribution is 2.25. The lowest BCUT2D eigenvalue weighted by molar-refractivity contribution is 0.143. The van der Waals surface area contributed by atoms with Gasteiger partial charge in [0.05, 0.1) is 0 Å². The molecule has 0 heterocycles. The highest BCUT2D eigenvalue weighted by atomic mass is 15.1. The predicted molar refractivity (Wildman–Crippen MR) is 76.1 cm³/mol. The molecule has 1 fully saturated rings. The van der Waals surface area contributed by atoms with Gasteiger partial charge < -0.3 is 10.6 Å². The predicted octanol–water partition coefficient (Wildman–Crippen LogP) is 3.26. The first kappa shape index (κ1) is 15.0. The fourth-order valence-electron chi connectivity index (χ4n) is 3.41. The van der Waals surface area contributed by atoms with E-state index in [-0.39, 0.29) is 0 Å². The van der Waals surface area contributed by atoms with Gasteiger partial charge in [0.15, 0.2) is 0 Å². The van der Waals surface area contributed by atoms with Gasteiger partial charge in [-0.25, -0.2) is 0 Å². The zero-order valence-electron chi connectivity index (χ0n) is 12.1. The van der Waals surface area contributed by atoms with Crippen molar-refractivity contribution in [3.8, 4) is 0 Å². The molecule has 2 atom stereocenters. The summed E-state index contributed by atoms with van der Waals surface area (Å²) >= 11 is 0. The summed E-state index contributed by atoms with van der Waals surface area (Å²) in [5, 5.41) is 0. The van der Waals surface area contributed by atoms with Crippen LogP contribution in [0.5, 0.6) is 0 Å². The molecule has 0 bridgehead atoms. The summed E-state index contributed by atoms with van der Waals surface area (Å²) in [6.45, 7) is 6.70.